The molecule has 1 aliphatic heterocycles. The fraction of sp³-hybridized carbons (Fsp3) is 0.526. The molecular formula is C19H26F2N4O5. The van der Waals surface area contributed by atoms with Crippen LogP contribution in [-0.2, 0) is 19.1 Å². The van der Waals surface area contributed by atoms with E-state index in [0.29, 0.717) is 6.54 Å². The lowest BCUT2D eigenvalue weighted by Gasteiger charge is -2.28. The second-order valence-corrected chi connectivity index (χ2v) is 7.93. The Kier molecular flexibility index (Phi) is 7.68. The van der Waals surface area contributed by atoms with Crippen LogP contribution in [0.5, 0.6) is 5.75 Å². The highest BCUT2D eigenvalue weighted by atomic mass is 19.3. The van der Waals surface area contributed by atoms with E-state index >= 15 is 0 Å². The number of rotatable bonds is 8. The molecule has 0 aromatic heterocycles. The van der Waals surface area contributed by atoms with Gasteiger partial charge < -0.3 is 25.4 Å². The second-order valence-electron chi connectivity index (χ2n) is 7.93. The highest BCUT2D eigenvalue weighted by molar-refractivity contribution is 6.09. The number of halogens is 2. The first-order valence-corrected chi connectivity index (χ1v) is 9.28. The van der Waals surface area contributed by atoms with E-state index in [4.69, 9.17) is 10.5 Å². The summed E-state index contributed by atoms with van der Waals surface area (Å²) in [5, 5.41) is 5.25. The molecular weight excluding hydrogens is 402 g/mol. The van der Waals surface area contributed by atoms with E-state index in [2.05, 4.69) is 15.4 Å². The molecule has 4 N–H and O–H groups in total. The van der Waals surface area contributed by atoms with Crippen molar-refractivity contribution in [3.63, 3.8) is 0 Å². The average Bonchev–Trinajstić information content (AvgIpc) is 2.61. The summed E-state index contributed by atoms with van der Waals surface area (Å²) in [5.74, 6) is -2.32. The lowest BCUT2D eigenvalue weighted by Crippen LogP contribution is -2.51. The van der Waals surface area contributed by atoms with Crippen molar-refractivity contribution in [1.29, 1.82) is 0 Å². The summed E-state index contributed by atoms with van der Waals surface area (Å²) in [6, 6.07) is 2.63. The number of ether oxygens (including phenoxy) is 2. The minimum absolute atomic E-state index is 0.101. The molecule has 1 saturated heterocycles. The molecule has 1 heterocycles. The predicted molar refractivity (Wildman–Crippen MR) is 105 cm³/mol. The zero-order valence-corrected chi connectivity index (χ0v) is 17.0. The van der Waals surface area contributed by atoms with Crippen molar-refractivity contribution in [2.45, 2.75) is 33.4 Å². The van der Waals surface area contributed by atoms with E-state index in [1.165, 1.54) is 17.0 Å². The van der Waals surface area contributed by atoms with Crippen LogP contribution in [0.1, 0.15) is 20.8 Å². The van der Waals surface area contributed by atoms with Gasteiger partial charge in [-0.3, -0.25) is 19.7 Å². The van der Waals surface area contributed by atoms with Gasteiger partial charge in [-0.25, -0.2) is 0 Å². The van der Waals surface area contributed by atoms with Crippen molar-refractivity contribution in [2.75, 3.05) is 36.5 Å². The van der Waals surface area contributed by atoms with Gasteiger partial charge in [-0.05, 0) is 17.5 Å². The predicted octanol–water partition coefficient (Wildman–Crippen LogP) is 1.08. The summed E-state index contributed by atoms with van der Waals surface area (Å²) >= 11 is 0. The van der Waals surface area contributed by atoms with E-state index in [-0.39, 0.29) is 42.3 Å². The lowest BCUT2D eigenvalue weighted by molar-refractivity contribution is -0.128. The molecule has 0 unspecified atom stereocenters. The molecule has 30 heavy (non-hydrogen) atoms. The van der Waals surface area contributed by atoms with Crippen LogP contribution < -0.4 is 26.0 Å². The molecule has 0 bridgehead atoms. The number of benzene rings is 1. The Bertz CT molecular complexity index is 798. The van der Waals surface area contributed by atoms with Gasteiger partial charge in [-0.1, -0.05) is 20.8 Å². The van der Waals surface area contributed by atoms with E-state index in [0.717, 1.165) is 6.07 Å². The fourth-order valence-electron chi connectivity index (χ4n) is 2.72. The fourth-order valence-corrected chi connectivity index (χ4v) is 2.72. The molecule has 2 rings (SSSR count). The third-order valence-electron chi connectivity index (χ3n) is 4.10. The SMILES string of the molecule is CC(C)(C)CN[C@@H](C(N)=O)C(=O)Nc1ccc(N2CCOCC2=O)c(OC(F)F)c1. The summed E-state index contributed by atoms with van der Waals surface area (Å²) in [5.41, 5.74) is 5.33. The van der Waals surface area contributed by atoms with Gasteiger partial charge in [0.2, 0.25) is 5.91 Å². The van der Waals surface area contributed by atoms with Gasteiger partial charge >= 0.3 is 6.61 Å². The number of morpholine rings is 1. The Hall–Kier alpha value is -2.79. The van der Waals surface area contributed by atoms with Gasteiger partial charge in [-0.15, -0.1) is 0 Å². The maximum absolute atomic E-state index is 12.9. The van der Waals surface area contributed by atoms with Crippen LogP contribution >= 0.6 is 0 Å². The molecule has 1 atom stereocenters. The van der Waals surface area contributed by atoms with Crippen molar-refractivity contribution in [2.24, 2.45) is 11.1 Å². The molecule has 166 valence electrons. The molecule has 9 nitrogen and oxygen atoms in total. The number of nitrogens with zero attached hydrogens (tertiary/aromatic N) is 1. The third kappa shape index (κ3) is 6.63. The number of hydrogen-bond acceptors (Lipinski definition) is 6. The number of alkyl halides is 2. The van der Waals surface area contributed by atoms with Crippen LogP contribution in [0.3, 0.4) is 0 Å². The molecule has 0 aliphatic carbocycles. The smallest absolute Gasteiger partial charge is 0.387 e. The minimum Gasteiger partial charge on any atom is -0.433 e. The van der Waals surface area contributed by atoms with Crippen LogP contribution in [-0.4, -0.2) is 56.7 Å². The third-order valence-corrected chi connectivity index (χ3v) is 4.10. The topological polar surface area (TPSA) is 123 Å². The molecule has 1 aromatic carbocycles. The van der Waals surface area contributed by atoms with Crippen LogP contribution in [0.25, 0.3) is 0 Å². The first-order valence-electron chi connectivity index (χ1n) is 9.28. The van der Waals surface area contributed by atoms with Crippen LogP contribution in [0.2, 0.25) is 0 Å². The normalized spacial score (nSPS) is 15.8. The van der Waals surface area contributed by atoms with Gasteiger partial charge in [0.25, 0.3) is 11.8 Å². The quantitative estimate of drug-likeness (QED) is 0.533. The lowest BCUT2D eigenvalue weighted by atomic mass is 9.96. The number of nitrogens with two attached hydrogens (primary N) is 1. The van der Waals surface area contributed by atoms with Crippen molar-refractivity contribution < 1.29 is 32.6 Å². The molecule has 3 amide bonds. The highest BCUT2D eigenvalue weighted by Gasteiger charge is 2.28. The summed E-state index contributed by atoms with van der Waals surface area (Å²) in [6.07, 6.45) is 0. The maximum atomic E-state index is 12.9. The highest BCUT2D eigenvalue weighted by Crippen LogP contribution is 2.33. The number of primary amides is 1. The van der Waals surface area contributed by atoms with E-state index < -0.39 is 30.4 Å². The first-order chi connectivity index (χ1) is 14.0. The van der Waals surface area contributed by atoms with Crippen molar-refractivity contribution >= 4 is 29.1 Å². The molecule has 0 saturated carbocycles. The van der Waals surface area contributed by atoms with Crippen molar-refractivity contribution in [3.8, 4) is 5.75 Å². The molecule has 1 fully saturated rings. The first kappa shape index (κ1) is 23.5. The number of amides is 3. The average molecular weight is 428 g/mol. The summed E-state index contributed by atoms with van der Waals surface area (Å²) in [6.45, 7) is 3.18. The molecule has 1 aromatic rings. The zero-order chi connectivity index (χ0) is 22.5. The monoisotopic (exact) mass is 428 g/mol. The Balaban J connectivity index is 2.23. The number of carbonyl (C=O) groups excluding carboxylic acids is 3. The van der Waals surface area contributed by atoms with Crippen LogP contribution in [0.4, 0.5) is 20.2 Å². The van der Waals surface area contributed by atoms with Crippen LogP contribution in [0.15, 0.2) is 18.2 Å². The molecule has 11 heteroatoms. The van der Waals surface area contributed by atoms with E-state index in [1.54, 1.807) is 0 Å². The number of anilines is 2. The second kappa shape index (κ2) is 9.81. The zero-order valence-electron chi connectivity index (χ0n) is 17.0. The summed E-state index contributed by atoms with van der Waals surface area (Å²) < 4.78 is 35.4. The number of nitrogens with one attached hydrogen (secondary N) is 2. The number of hydrogen-bond donors (Lipinski definition) is 3. The van der Waals surface area contributed by atoms with Gasteiger partial charge in [0.15, 0.2) is 11.8 Å². The Morgan fingerprint density at radius 2 is 2.03 bits per heavy atom. The molecule has 1 aliphatic rings. The Morgan fingerprint density at radius 3 is 2.60 bits per heavy atom. The number of carbonyl (C=O) groups is 3. The van der Waals surface area contributed by atoms with E-state index in [9.17, 15) is 23.2 Å². The van der Waals surface area contributed by atoms with Gasteiger partial charge in [0, 0.05) is 24.8 Å². The van der Waals surface area contributed by atoms with Gasteiger partial charge in [0.1, 0.15) is 6.61 Å². The van der Waals surface area contributed by atoms with Crippen LogP contribution in [0, 0.1) is 5.41 Å². The van der Waals surface area contributed by atoms with Crippen molar-refractivity contribution in [3.05, 3.63) is 18.2 Å². The van der Waals surface area contributed by atoms with Gasteiger partial charge in [0.05, 0.1) is 12.3 Å². The minimum atomic E-state index is -3.14. The summed E-state index contributed by atoms with van der Waals surface area (Å²) in [7, 11) is 0. The molecule has 0 radical (unpaired) electrons. The largest absolute Gasteiger partial charge is 0.433 e. The molecule has 0 spiro atoms. The Morgan fingerprint density at radius 1 is 1.33 bits per heavy atom. The van der Waals surface area contributed by atoms with Gasteiger partial charge in [-0.2, -0.15) is 8.78 Å². The van der Waals surface area contributed by atoms with Crippen molar-refractivity contribution in [1.82, 2.24) is 5.32 Å². The van der Waals surface area contributed by atoms with E-state index in [1.807, 2.05) is 20.8 Å². The Labute approximate surface area is 172 Å². The summed E-state index contributed by atoms with van der Waals surface area (Å²) in [4.78, 5) is 37.5. The maximum Gasteiger partial charge on any atom is 0.387 e. The standard InChI is InChI=1S/C19H26F2N4O5/c1-19(2,3)10-23-15(16(22)27)17(28)24-11-4-5-12(13(8-11)30-18(20)21)25-6-7-29-9-14(25)26/h4-5,8,15,18,23H,6-7,9-10H2,1-3H3,(H2,22,27)(H,24,28)/t15-/m0/s1.